The Hall–Kier alpha value is -4.66. The van der Waals surface area contributed by atoms with E-state index in [2.05, 4.69) is 128 Å². The van der Waals surface area contributed by atoms with Crippen molar-refractivity contribution in [3.05, 3.63) is 168 Å². The van der Waals surface area contributed by atoms with Gasteiger partial charge in [-0.25, -0.2) is 19.9 Å². The second-order valence-corrected chi connectivity index (χ2v) is 11.8. The Morgan fingerprint density at radius 3 is 1.41 bits per heavy atom. The Balaban J connectivity index is 0.000000175. The second kappa shape index (κ2) is 17.5. The number of nitrogens with zero attached hydrogens (tertiary/aromatic N) is 4. The monoisotopic (exact) mass is 614 g/mol. The van der Waals surface area contributed by atoms with Gasteiger partial charge >= 0.3 is 0 Å². The number of benzene rings is 4. The second-order valence-electron chi connectivity index (χ2n) is 9.69. The fraction of sp³-hybridized carbons (Fsp3) is 0.111. The lowest BCUT2D eigenvalue weighted by atomic mass is 10.1. The van der Waals surface area contributed by atoms with Crippen molar-refractivity contribution in [3.8, 4) is 0 Å². The van der Waals surface area contributed by atoms with Gasteiger partial charge in [0.1, 0.15) is 0 Å². The first kappa shape index (κ1) is 30.8. The number of hydrogen-bond acceptors (Lipinski definition) is 8. The summed E-state index contributed by atoms with van der Waals surface area (Å²) in [6, 6.07) is 41.8. The molecule has 0 spiro atoms. The van der Waals surface area contributed by atoms with Crippen LogP contribution in [0.5, 0.6) is 0 Å². The summed E-state index contributed by atoms with van der Waals surface area (Å²) in [4.78, 5) is 19.2. The van der Waals surface area contributed by atoms with Crippen molar-refractivity contribution in [2.75, 3.05) is 10.6 Å². The highest BCUT2D eigenvalue weighted by Crippen LogP contribution is 2.23. The lowest BCUT2D eigenvalue weighted by Gasteiger charge is -2.07. The van der Waals surface area contributed by atoms with E-state index in [-0.39, 0.29) is 0 Å². The fourth-order valence-corrected chi connectivity index (χ4v) is 5.83. The Labute approximate surface area is 267 Å². The average molecular weight is 615 g/mol. The molecule has 6 nitrogen and oxygen atoms in total. The van der Waals surface area contributed by atoms with Gasteiger partial charge in [0.25, 0.3) is 0 Å². The van der Waals surface area contributed by atoms with E-state index in [0.717, 1.165) is 24.6 Å². The summed E-state index contributed by atoms with van der Waals surface area (Å²) in [5, 5.41) is 6.44. The molecule has 2 aromatic heterocycles. The first-order chi connectivity index (χ1) is 21.8. The van der Waals surface area contributed by atoms with Crippen molar-refractivity contribution in [1.29, 1.82) is 0 Å². The lowest BCUT2D eigenvalue weighted by molar-refractivity contribution is 1.05. The zero-order chi connectivity index (χ0) is 30.1. The van der Waals surface area contributed by atoms with Crippen LogP contribution in [0.15, 0.2) is 156 Å². The molecule has 0 aliphatic rings. The maximum absolute atomic E-state index is 4.17. The predicted molar refractivity (Wildman–Crippen MR) is 184 cm³/mol. The zero-order valence-corrected chi connectivity index (χ0v) is 25.9. The van der Waals surface area contributed by atoms with Gasteiger partial charge in [0.15, 0.2) is 0 Å². The van der Waals surface area contributed by atoms with Crippen molar-refractivity contribution >= 4 is 35.4 Å². The summed E-state index contributed by atoms with van der Waals surface area (Å²) in [7, 11) is 0. The van der Waals surface area contributed by atoms with Crippen LogP contribution in [0, 0.1) is 0 Å². The van der Waals surface area contributed by atoms with Crippen molar-refractivity contribution in [2.45, 2.75) is 34.4 Å². The molecular weight excluding hydrogens is 581 g/mol. The number of thioether (sulfide) groups is 2. The highest BCUT2D eigenvalue weighted by molar-refractivity contribution is 7.98. The van der Waals surface area contributed by atoms with E-state index < -0.39 is 0 Å². The molecule has 8 heteroatoms. The van der Waals surface area contributed by atoms with Crippen LogP contribution in [0.3, 0.4) is 0 Å². The molecule has 4 aromatic carbocycles. The predicted octanol–water partition coefficient (Wildman–Crippen LogP) is 8.76. The van der Waals surface area contributed by atoms with Gasteiger partial charge in [-0.2, -0.15) is 0 Å². The van der Waals surface area contributed by atoms with E-state index in [0.29, 0.717) is 11.9 Å². The molecule has 2 heterocycles. The highest BCUT2D eigenvalue weighted by atomic mass is 32.2. The van der Waals surface area contributed by atoms with E-state index in [4.69, 9.17) is 0 Å². The first-order valence-electron chi connectivity index (χ1n) is 14.3. The molecular formula is C36H34N6S2. The molecule has 6 rings (SSSR count). The molecule has 0 radical (unpaired) electrons. The first-order valence-corrected chi connectivity index (χ1v) is 16.3. The molecule has 2 N–H and O–H groups in total. The van der Waals surface area contributed by atoms with Crippen LogP contribution in [0.4, 0.5) is 11.9 Å². The molecule has 0 unspecified atom stereocenters. The van der Waals surface area contributed by atoms with Crippen molar-refractivity contribution < 1.29 is 0 Å². The third-order valence-corrected chi connectivity index (χ3v) is 8.51. The third kappa shape index (κ3) is 10.9. The van der Waals surface area contributed by atoms with Crippen LogP contribution in [0.25, 0.3) is 0 Å². The molecule has 220 valence electrons. The third-order valence-electron chi connectivity index (χ3n) is 6.34. The van der Waals surface area contributed by atoms with Gasteiger partial charge in [0.2, 0.25) is 11.9 Å². The van der Waals surface area contributed by atoms with Gasteiger partial charge in [0.05, 0.1) is 0 Å². The van der Waals surface area contributed by atoms with Gasteiger partial charge in [-0.3, -0.25) is 0 Å². The number of hydrogen-bond donors (Lipinski definition) is 2. The van der Waals surface area contributed by atoms with Gasteiger partial charge in [-0.1, -0.05) is 84.9 Å². The maximum atomic E-state index is 4.17. The maximum Gasteiger partial charge on any atom is 0.222 e. The van der Waals surface area contributed by atoms with Gasteiger partial charge in [-0.15, -0.1) is 23.5 Å². The molecule has 0 saturated carbocycles. The number of nitrogens with one attached hydrogen (secondary N) is 2. The summed E-state index contributed by atoms with van der Waals surface area (Å²) >= 11 is 3.71. The van der Waals surface area contributed by atoms with E-state index in [1.807, 2.05) is 47.8 Å². The molecule has 44 heavy (non-hydrogen) atoms. The van der Waals surface area contributed by atoms with Crippen LogP contribution in [0.2, 0.25) is 0 Å². The number of aromatic nitrogens is 4. The molecule has 0 amide bonds. The Morgan fingerprint density at radius 2 is 0.864 bits per heavy atom. The van der Waals surface area contributed by atoms with Crippen LogP contribution < -0.4 is 10.6 Å². The summed E-state index contributed by atoms with van der Waals surface area (Å²) < 4.78 is 0. The van der Waals surface area contributed by atoms with Gasteiger partial charge in [0, 0.05) is 59.2 Å². The quantitative estimate of drug-likeness (QED) is 0.133. The summed E-state index contributed by atoms with van der Waals surface area (Å²) in [5.74, 6) is 3.27. The molecule has 0 bridgehead atoms. The van der Waals surface area contributed by atoms with E-state index in [1.54, 1.807) is 24.8 Å². The fourth-order valence-electron chi connectivity index (χ4n) is 4.09. The number of anilines is 2. The Morgan fingerprint density at radius 1 is 0.409 bits per heavy atom. The SMILES string of the molecule is c1ccc(SCc2ccc(CNc3ncccn3)cc2)cc1.c1ccc(SCc2cccc(CNc3ncccn3)c2)cc1. The van der Waals surface area contributed by atoms with Crippen molar-refractivity contribution in [2.24, 2.45) is 0 Å². The van der Waals surface area contributed by atoms with Crippen LogP contribution in [0.1, 0.15) is 22.3 Å². The molecule has 6 aromatic rings. The molecule has 0 aliphatic carbocycles. The van der Waals surface area contributed by atoms with E-state index >= 15 is 0 Å². The zero-order valence-electron chi connectivity index (χ0n) is 24.3. The summed E-state index contributed by atoms with van der Waals surface area (Å²) in [6.07, 6.45) is 6.95. The van der Waals surface area contributed by atoms with E-state index in [9.17, 15) is 0 Å². The normalized spacial score (nSPS) is 10.4. The van der Waals surface area contributed by atoms with Crippen LogP contribution in [-0.2, 0) is 24.6 Å². The largest absolute Gasteiger partial charge is 0.350 e. The molecule has 0 aliphatic heterocycles. The smallest absolute Gasteiger partial charge is 0.222 e. The topological polar surface area (TPSA) is 75.6 Å². The lowest BCUT2D eigenvalue weighted by Crippen LogP contribution is -2.03. The number of rotatable bonds is 12. The van der Waals surface area contributed by atoms with Crippen LogP contribution in [-0.4, -0.2) is 19.9 Å². The minimum Gasteiger partial charge on any atom is -0.350 e. The van der Waals surface area contributed by atoms with Gasteiger partial charge < -0.3 is 10.6 Å². The summed E-state index contributed by atoms with van der Waals surface area (Å²) in [5.41, 5.74) is 5.11. The van der Waals surface area contributed by atoms with Gasteiger partial charge in [-0.05, 0) is 58.7 Å². The van der Waals surface area contributed by atoms with Crippen molar-refractivity contribution in [3.63, 3.8) is 0 Å². The van der Waals surface area contributed by atoms with E-state index in [1.165, 1.54) is 32.0 Å². The molecule has 0 atom stereocenters. The Kier molecular flexibility index (Phi) is 12.2. The average Bonchev–Trinajstić information content (AvgIpc) is 3.11. The highest BCUT2D eigenvalue weighted by Gasteiger charge is 2.01. The Bertz CT molecular complexity index is 1520. The summed E-state index contributed by atoms with van der Waals surface area (Å²) in [6.45, 7) is 1.46. The van der Waals surface area contributed by atoms with Crippen molar-refractivity contribution in [1.82, 2.24) is 19.9 Å². The minimum absolute atomic E-state index is 0.659. The molecule has 0 fully saturated rings. The minimum atomic E-state index is 0.659. The standard InChI is InChI=1S/2C18H17N3S/c1-2-8-17(9-3-1)22-14-16-7-4-6-15(12-16)13-21-18-19-10-5-11-20-18;1-2-5-17(6-3-1)22-14-16-9-7-15(8-10-16)13-21-18-19-11-4-12-20-18/h2*1-12H,13-14H2,(H,19,20,21). The molecule has 0 saturated heterocycles. The van der Waals surface area contributed by atoms with Crippen LogP contribution >= 0.6 is 23.5 Å².